The topological polar surface area (TPSA) is 90.7 Å². The number of benzene rings is 3. The lowest BCUT2D eigenvalue weighted by Gasteiger charge is -2.23. The lowest BCUT2D eigenvalue weighted by molar-refractivity contribution is 0.0980. The van der Waals surface area contributed by atoms with Crippen molar-refractivity contribution in [1.82, 2.24) is 0 Å². The Balaban J connectivity index is 1.93. The fourth-order valence-electron chi connectivity index (χ4n) is 3.44. The molecule has 0 fully saturated rings. The highest BCUT2D eigenvalue weighted by molar-refractivity contribution is 9.10. The molecule has 6 nitrogen and oxygen atoms in total. The number of anilines is 3. The van der Waals surface area contributed by atoms with Crippen LogP contribution in [0.3, 0.4) is 0 Å². The Morgan fingerprint density at radius 2 is 1.52 bits per heavy atom. The summed E-state index contributed by atoms with van der Waals surface area (Å²) in [5, 5.41) is 3.21. The minimum Gasteiger partial charge on any atom is -0.497 e. The largest absolute Gasteiger partial charge is 0.497 e. The standard InChI is InChI=1S/C22H17BrN2O4/c1-28-11-7-8-17(29-2)15(9-11)25-16-10-14(23)20(24)19-18(16)21(26)12-5-3-4-6-13(12)22(19)27/h3-10,25H,24H2,1-2H3. The fourth-order valence-corrected chi connectivity index (χ4v) is 3.87. The number of nitrogen functional groups attached to an aromatic ring is 1. The van der Waals surface area contributed by atoms with Crippen LogP contribution >= 0.6 is 15.9 Å². The molecule has 0 radical (unpaired) electrons. The Kier molecular flexibility index (Phi) is 4.76. The van der Waals surface area contributed by atoms with Gasteiger partial charge in [-0.15, -0.1) is 0 Å². The highest BCUT2D eigenvalue weighted by Crippen LogP contribution is 2.41. The Morgan fingerprint density at radius 1 is 0.862 bits per heavy atom. The van der Waals surface area contributed by atoms with Gasteiger partial charge in [-0.1, -0.05) is 24.3 Å². The summed E-state index contributed by atoms with van der Waals surface area (Å²) in [7, 11) is 3.11. The van der Waals surface area contributed by atoms with Crippen LogP contribution in [0.1, 0.15) is 31.8 Å². The molecule has 0 amide bonds. The zero-order chi connectivity index (χ0) is 20.7. The summed E-state index contributed by atoms with van der Waals surface area (Å²) in [6.07, 6.45) is 0. The number of ether oxygens (including phenoxy) is 2. The van der Waals surface area contributed by atoms with E-state index in [1.54, 1.807) is 62.8 Å². The van der Waals surface area contributed by atoms with Crippen molar-refractivity contribution >= 4 is 44.6 Å². The molecule has 0 heterocycles. The quantitative estimate of drug-likeness (QED) is 0.440. The molecule has 0 aromatic heterocycles. The van der Waals surface area contributed by atoms with Gasteiger partial charge in [0, 0.05) is 21.7 Å². The Labute approximate surface area is 175 Å². The summed E-state index contributed by atoms with van der Waals surface area (Å²) in [5.74, 6) is 0.625. The van der Waals surface area contributed by atoms with E-state index in [0.717, 1.165) is 0 Å². The van der Waals surface area contributed by atoms with Crippen LogP contribution in [0.2, 0.25) is 0 Å². The molecular formula is C22H17BrN2O4. The van der Waals surface area contributed by atoms with Gasteiger partial charge in [0.15, 0.2) is 11.6 Å². The monoisotopic (exact) mass is 452 g/mol. The van der Waals surface area contributed by atoms with E-state index in [9.17, 15) is 9.59 Å². The molecule has 29 heavy (non-hydrogen) atoms. The van der Waals surface area contributed by atoms with Crippen LogP contribution in [0, 0.1) is 0 Å². The summed E-state index contributed by atoms with van der Waals surface area (Å²) in [4.78, 5) is 26.4. The van der Waals surface area contributed by atoms with E-state index < -0.39 is 0 Å². The van der Waals surface area contributed by atoms with Gasteiger partial charge < -0.3 is 20.5 Å². The zero-order valence-corrected chi connectivity index (χ0v) is 17.3. The van der Waals surface area contributed by atoms with Gasteiger partial charge in [-0.2, -0.15) is 0 Å². The maximum absolute atomic E-state index is 13.3. The number of hydrogen-bond acceptors (Lipinski definition) is 6. The molecule has 0 atom stereocenters. The van der Waals surface area contributed by atoms with E-state index in [4.69, 9.17) is 15.2 Å². The van der Waals surface area contributed by atoms with Gasteiger partial charge in [0.25, 0.3) is 0 Å². The third kappa shape index (κ3) is 3.03. The first-order valence-corrected chi connectivity index (χ1v) is 9.55. The summed E-state index contributed by atoms with van der Waals surface area (Å²) < 4.78 is 11.2. The van der Waals surface area contributed by atoms with Crippen LogP contribution in [0.25, 0.3) is 0 Å². The van der Waals surface area contributed by atoms with Gasteiger partial charge in [-0.05, 0) is 34.1 Å². The Morgan fingerprint density at radius 3 is 2.14 bits per heavy atom. The van der Waals surface area contributed by atoms with E-state index in [2.05, 4.69) is 21.2 Å². The SMILES string of the molecule is COc1ccc(OC)c(Nc2cc(Br)c(N)c3c2C(=O)c2ccccc2C3=O)c1. The summed E-state index contributed by atoms with van der Waals surface area (Å²) >= 11 is 3.41. The number of nitrogens with one attached hydrogen (secondary N) is 1. The van der Waals surface area contributed by atoms with E-state index in [1.807, 2.05) is 0 Å². The first kappa shape index (κ1) is 19.0. The van der Waals surface area contributed by atoms with Crippen molar-refractivity contribution in [1.29, 1.82) is 0 Å². The van der Waals surface area contributed by atoms with Crippen molar-refractivity contribution < 1.29 is 19.1 Å². The Bertz CT molecular complexity index is 1170. The van der Waals surface area contributed by atoms with E-state index in [0.29, 0.717) is 38.5 Å². The maximum atomic E-state index is 13.3. The second-order valence-corrected chi connectivity index (χ2v) is 7.32. The van der Waals surface area contributed by atoms with Crippen LogP contribution in [-0.2, 0) is 0 Å². The summed E-state index contributed by atoms with van der Waals surface area (Å²) in [6, 6.07) is 13.7. The van der Waals surface area contributed by atoms with Gasteiger partial charge in [0.2, 0.25) is 0 Å². The van der Waals surface area contributed by atoms with Gasteiger partial charge in [0.05, 0.1) is 42.4 Å². The number of hydrogen-bond donors (Lipinski definition) is 2. The third-order valence-electron chi connectivity index (χ3n) is 4.86. The molecule has 0 unspecified atom stereocenters. The molecule has 1 aliphatic carbocycles. The average Bonchev–Trinajstić information content (AvgIpc) is 2.74. The summed E-state index contributed by atoms with van der Waals surface area (Å²) in [5.41, 5.74) is 8.57. The molecular weight excluding hydrogens is 436 g/mol. The van der Waals surface area contributed by atoms with Crippen LogP contribution in [0.5, 0.6) is 11.5 Å². The van der Waals surface area contributed by atoms with Crippen molar-refractivity contribution in [2.75, 3.05) is 25.3 Å². The minimum atomic E-state index is -0.283. The lowest BCUT2D eigenvalue weighted by Crippen LogP contribution is -2.24. The summed E-state index contributed by atoms with van der Waals surface area (Å²) in [6.45, 7) is 0. The molecule has 3 aromatic rings. The molecule has 4 rings (SSSR count). The molecule has 0 saturated carbocycles. The highest BCUT2D eigenvalue weighted by atomic mass is 79.9. The molecule has 0 aliphatic heterocycles. The second kappa shape index (κ2) is 7.25. The van der Waals surface area contributed by atoms with E-state index in [1.165, 1.54) is 0 Å². The van der Waals surface area contributed by atoms with Crippen LogP contribution in [0.4, 0.5) is 17.1 Å². The lowest BCUT2D eigenvalue weighted by atomic mass is 9.82. The number of carbonyl (C=O) groups is 2. The van der Waals surface area contributed by atoms with Crippen molar-refractivity contribution in [3.63, 3.8) is 0 Å². The van der Waals surface area contributed by atoms with Crippen LogP contribution < -0.4 is 20.5 Å². The number of halogens is 1. The predicted molar refractivity (Wildman–Crippen MR) is 115 cm³/mol. The van der Waals surface area contributed by atoms with Gasteiger partial charge in [-0.3, -0.25) is 9.59 Å². The van der Waals surface area contributed by atoms with Crippen molar-refractivity contribution in [3.8, 4) is 11.5 Å². The second-order valence-electron chi connectivity index (χ2n) is 6.46. The number of rotatable bonds is 4. The van der Waals surface area contributed by atoms with Crippen LogP contribution in [-0.4, -0.2) is 25.8 Å². The average molecular weight is 453 g/mol. The number of ketones is 2. The van der Waals surface area contributed by atoms with Gasteiger partial charge in [-0.25, -0.2) is 0 Å². The molecule has 7 heteroatoms. The molecule has 3 aromatic carbocycles. The number of nitrogens with two attached hydrogens (primary N) is 1. The molecule has 0 bridgehead atoms. The molecule has 0 spiro atoms. The zero-order valence-electron chi connectivity index (χ0n) is 15.7. The van der Waals surface area contributed by atoms with E-state index in [-0.39, 0.29) is 28.4 Å². The van der Waals surface area contributed by atoms with E-state index >= 15 is 0 Å². The molecule has 3 N–H and O–H groups in total. The predicted octanol–water partition coefficient (Wildman–Crippen LogP) is 4.57. The highest BCUT2D eigenvalue weighted by Gasteiger charge is 2.34. The van der Waals surface area contributed by atoms with Crippen molar-refractivity contribution in [3.05, 3.63) is 75.3 Å². The smallest absolute Gasteiger partial charge is 0.196 e. The molecule has 1 aliphatic rings. The first-order chi connectivity index (χ1) is 14.0. The third-order valence-corrected chi connectivity index (χ3v) is 5.52. The molecule has 146 valence electrons. The van der Waals surface area contributed by atoms with Gasteiger partial charge >= 0.3 is 0 Å². The number of carbonyl (C=O) groups excluding carboxylic acids is 2. The number of fused-ring (bicyclic) bond motifs is 2. The van der Waals surface area contributed by atoms with Crippen molar-refractivity contribution in [2.24, 2.45) is 0 Å². The first-order valence-electron chi connectivity index (χ1n) is 8.75. The minimum absolute atomic E-state index is 0.187. The number of methoxy groups -OCH3 is 2. The molecule has 0 saturated heterocycles. The maximum Gasteiger partial charge on any atom is 0.196 e. The van der Waals surface area contributed by atoms with Gasteiger partial charge in [0.1, 0.15) is 11.5 Å². The Hall–Kier alpha value is -3.32. The van der Waals surface area contributed by atoms with Crippen molar-refractivity contribution in [2.45, 2.75) is 0 Å². The van der Waals surface area contributed by atoms with Crippen LogP contribution in [0.15, 0.2) is 53.0 Å². The fraction of sp³-hybridized carbons (Fsp3) is 0.0909. The normalized spacial score (nSPS) is 12.2.